The molecule has 0 aliphatic carbocycles. The molecule has 0 radical (unpaired) electrons. The normalized spacial score (nSPS) is 15.1. The van der Waals surface area contributed by atoms with Crippen molar-refractivity contribution in [1.82, 2.24) is 0 Å². The molecule has 0 fully saturated rings. The van der Waals surface area contributed by atoms with E-state index in [0.29, 0.717) is 16.5 Å². The maximum Gasteiger partial charge on any atom is 0.416 e. The second kappa shape index (κ2) is 5.30. The van der Waals surface area contributed by atoms with E-state index in [2.05, 4.69) is 0 Å². The third-order valence-electron chi connectivity index (χ3n) is 3.17. The fraction of sp³-hybridized carbons (Fsp3) is 0.286. The summed E-state index contributed by atoms with van der Waals surface area (Å²) < 4.78 is 42.9. The van der Waals surface area contributed by atoms with Gasteiger partial charge in [-0.3, -0.25) is 0 Å². The lowest BCUT2D eigenvalue weighted by molar-refractivity contribution is -0.210. The number of fused-ring (bicyclic) bond motifs is 1. The van der Waals surface area contributed by atoms with Crippen LogP contribution in [0.2, 0.25) is 0 Å². The van der Waals surface area contributed by atoms with Gasteiger partial charge in [0.15, 0.2) is 6.10 Å². The number of hydrogen-bond acceptors (Lipinski definition) is 3. The van der Waals surface area contributed by atoms with Gasteiger partial charge in [0.2, 0.25) is 0 Å². The Labute approximate surface area is 113 Å². The second-order valence-electron chi connectivity index (χ2n) is 4.41. The van der Waals surface area contributed by atoms with Crippen molar-refractivity contribution in [2.75, 3.05) is 7.11 Å². The minimum atomic E-state index is -4.76. The molecule has 0 spiro atoms. The summed E-state index contributed by atoms with van der Waals surface area (Å²) in [5.41, 5.74) is 5.80. The molecule has 6 heteroatoms. The van der Waals surface area contributed by atoms with E-state index >= 15 is 0 Å². The number of aliphatic hydroxyl groups excluding tert-OH is 1. The van der Waals surface area contributed by atoms with E-state index < -0.39 is 18.3 Å². The monoisotopic (exact) mass is 285 g/mol. The van der Waals surface area contributed by atoms with Gasteiger partial charge in [0.25, 0.3) is 0 Å². The average Bonchev–Trinajstić information content (AvgIpc) is 2.43. The van der Waals surface area contributed by atoms with E-state index in [0.717, 1.165) is 0 Å². The van der Waals surface area contributed by atoms with E-state index in [1.807, 2.05) is 0 Å². The molecule has 0 aliphatic heterocycles. The molecule has 0 bridgehead atoms. The summed E-state index contributed by atoms with van der Waals surface area (Å²) in [6.45, 7) is 0. The largest absolute Gasteiger partial charge is 0.496 e. The molecule has 2 aromatic carbocycles. The highest BCUT2D eigenvalue weighted by atomic mass is 19.4. The highest BCUT2D eigenvalue weighted by Gasteiger charge is 2.43. The van der Waals surface area contributed by atoms with Crippen molar-refractivity contribution >= 4 is 10.8 Å². The molecule has 0 heterocycles. The van der Waals surface area contributed by atoms with E-state index in [1.165, 1.54) is 13.2 Å². The lowest BCUT2D eigenvalue weighted by atomic mass is 9.95. The van der Waals surface area contributed by atoms with Crippen molar-refractivity contribution in [3.8, 4) is 5.75 Å². The molecule has 2 atom stereocenters. The number of rotatable bonds is 3. The molecule has 0 unspecified atom stereocenters. The van der Waals surface area contributed by atoms with Crippen LogP contribution in [0, 0.1) is 0 Å². The summed E-state index contributed by atoms with van der Waals surface area (Å²) in [6.07, 6.45) is -7.38. The first-order valence-corrected chi connectivity index (χ1v) is 5.92. The summed E-state index contributed by atoms with van der Waals surface area (Å²) in [7, 11) is 1.48. The molecule has 0 aliphatic rings. The second-order valence-corrected chi connectivity index (χ2v) is 4.41. The van der Waals surface area contributed by atoms with Gasteiger partial charge in [0, 0.05) is 5.39 Å². The van der Waals surface area contributed by atoms with Crippen molar-refractivity contribution in [2.24, 2.45) is 5.73 Å². The number of halogens is 3. The fourth-order valence-electron chi connectivity index (χ4n) is 2.14. The number of nitrogens with two attached hydrogens (primary N) is 1. The van der Waals surface area contributed by atoms with Crippen molar-refractivity contribution in [3.63, 3.8) is 0 Å². The highest BCUT2D eigenvalue weighted by Crippen LogP contribution is 2.35. The molecule has 0 aromatic heterocycles. The van der Waals surface area contributed by atoms with Gasteiger partial charge in [-0.15, -0.1) is 0 Å². The van der Waals surface area contributed by atoms with Crippen molar-refractivity contribution in [3.05, 3.63) is 42.0 Å². The molecule has 20 heavy (non-hydrogen) atoms. The van der Waals surface area contributed by atoms with Crippen LogP contribution in [0.5, 0.6) is 5.75 Å². The number of alkyl halides is 3. The standard InChI is InChI=1S/C14H14F3NO2/c1-20-11-7-6-10(8-4-2-3-5-9(8)11)12(18)13(19)14(15,16)17/h2-7,12-13,19H,18H2,1H3/t12-,13-/m1/s1. The summed E-state index contributed by atoms with van der Waals surface area (Å²) >= 11 is 0. The predicted octanol–water partition coefficient (Wildman–Crippen LogP) is 2.77. The average molecular weight is 285 g/mol. The van der Waals surface area contributed by atoms with Gasteiger partial charge < -0.3 is 15.6 Å². The molecule has 3 N–H and O–H groups in total. The lowest BCUT2D eigenvalue weighted by Gasteiger charge is -2.23. The first-order chi connectivity index (χ1) is 9.36. The molecule has 3 nitrogen and oxygen atoms in total. The summed E-state index contributed by atoms with van der Waals surface area (Å²) in [5.74, 6) is 0.540. The van der Waals surface area contributed by atoms with Crippen molar-refractivity contribution in [1.29, 1.82) is 0 Å². The number of ether oxygens (including phenoxy) is 1. The lowest BCUT2D eigenvalue weighted by Crippen LogP contribution is -2.38. The first kappa shape index (κ1) is 14.6. The topological polar surface area (TPSA) is 55.5 Å². The number of aliphatic hydroxyl groups is 1. The summed E-state index contributed by atoms with van der Waals surface area (Å²) in [4.78, 5) is 0. The van der Waals surface area contributed by atoms with Crippen molar-refractivity contribution < 1.29 is 23.0 Å². The van der Waals surface area contributed by atoms with Gasteiger partial charge in [-0.1, -0.05) is 30.3 Å². The van der Waals surface area contributed by atoms with Crippen LogP contribution < -0.4 is 10.5 Å². The van der Waals surface area contributed by atoms with Gasteiger partial charge in [-0.25, -0.2) is 0 Å². The van der Waals surface area contributed by atoms with Crippen LogP contribution in [-0.2, 0) is 0 Å². The Morgan fingerprint density at radius 1 is 1.10 bits per heavy atom. The van der Waals surface area contributed by atoms with Crippen LogP contribution in [-0.4, -0.2) is 24.5 Å². The summed E-state index contributed by atoms with van der Waals surface area (Å²) in [6, 6.07) is 8.26. The van der Waals surface area contributed by atoms with Gasteiger partial charge in [0.05, 0.1) is 13.2 Å². The van der Waals surface area contributed by atoms with Crippen LogP contribution in [0.4, 0.5) is 13.2 Å². The zero-order valence-corrected chi connectivity index (χ0v) is 10.7. The Balaban J connectivity index is 2.56. The SMILES string of the molecule is COc1ccc([C@@H](N)[C@@H](O)C(F)(F)F)c2ccccc12. The Morgan fingerprint density at radius 2 is 1.70 bits per heavy atom. The maximum absolute atomic E-state index is 12.6. The minimum Gasteiger partial charge on any atom is -0.496 e. The molecule has 0 saturated carbocycles. The molecule has 2 aromatic rings. The number of hydrogen-bond donors (Lipinski definition) is 2. The summed E-state index contributed by atoms with van der Waals surface area (Å²) in [5, 5.41) is 10.5. The van der Waals surface area contributed by atoms with Crippen LogP contribution in [0.15, 0.2) is 36.4 Å². The molecular weight excluding hydrogens is 271 g/mol. The Morgan fingerprint density at radius 3 is 2.25 bits per heavy atom. The molecule has 108 valence electrons. The smallest absolute Gasteiger partial charge is 0.416 e. The van der Waals surface area contributed by atoms with Crippen LogP contribution in [0.1, 0.15) is 11.6 Å². The quantitative estimate of drug-likeness (QED) is 0.911. The maximum atomic E-state index is 12.6. The fourth-order valence-corrected chi connectivity index (χ4v) is 2.14. The zero-order valence-electron chi connectivity index (χ0n) is 10.7. The molecule has 0 amide bonds. The van der Waals surface area contributed by atoms with Crippen LogP contribution in [0.3, 0.4) is 0 Å². The third kappa shape index (κ3) is 2.57. The zero-order chi connectivity index (χ0) is 14.9. The Bertz CT molecular complexity index is 613. The third-order valence-corrected chi connectivity index (χ3v) is 3.17. The van der Waals surface area contributed by atoms with Crippen molar-refractivity contribution in [2.45, 2.75) is 18.3 Å². The van der Waals surface area contributed by atoms with Gasteiger partial charge >= 0.3 is 6.18 Å². The van der Waals surface area contributed by atoms with E-state index in [9.17, 15) is 18.3 Å². The molecule has 2 rings (SSSR count). The van der Waals surface area contributed by atoms with Crippen LogP contribution >= 0.6 is 0 Å². The molecule has 0 saturated heterocycles. The van der Waals surface area contributed by atoms with Gasteiger partial charge in [-0.2, -0.15) is 13.2 Å². The number of benzene rings is 2. The molecular formula is C14H14F3NO2. The first-order valence-electron chi connectivity index (χ1n) is 5.92. The van der Waals surface area contributed by atoms with Gasteiger partial charge in [-0.05, 0) is 17.0 Å². The van der Waals surface area contributed by atoms with E-state index in [4.69, 9.17) is 10.5 Å². The Kier molecular flexibility index (Phi) is 3.87. The minimum absolute atomic E-state index is 0.228. The predicted molar refractivity (Wildman–Crippen MR) is 69.5 cm³/mol. The van der Waals surface area contributed by atoms with Gasteiger partial charge in [0.1, 0.15) is 5.75 Å². The van der Waals surface area contributed by atoms with E-state index in [1.54, 1.807) is 30.3 Å². The van der Waals surface area contributed by atoms with E-state index in [-0.39, 0.29) is 5.56 Å². The Hall–Kier alpha value is -1.79. The van der Waals surface area contributed by atoms with Crippen LogP contribution in [0.25, 0.3) is 10.8 Å². The highest BCUT2D eigenvalue weighted by molar-refractivity contribution is 5.91. The number of methoxy groups -OCH3 is 1.